The molecule has 0 saturated heterocycles. The van der Waals surface area contributed by atoms with Gasteiger partial charge in [-0.15, -0.1) is 0 Å². The lowest BCUT2D eigenvalue weighted by atomic mass is 9.77. The second-order valence-electron chi connectivity index (χ2n) is 6.82. The highest BCUT2D eigenvalue weighted by Crippen LogP contribution is 2.51. The minimum atomic E-state index is -0.305. The molecule has 2 aliphatic heterocycles. The van der Waals surface area contributed by atoms with E-state index in [4.69, 9.17) is 18.9 Å². The second kappa shape index (κ2) is 5.94. The van der Waals surface area contributed by atoms with Crippen LogP contribution in [0.1, 0.15) is 36.3 Å². The number of allylic oxidation sites excluding steroid dienone is 2. The number of fused-ring (bicyclic) bond motifs is 2. The Labute approximate surface area is 155 Å². The van der Waals surface area contributed by atoms with E-state index in [9.17, 15) is 9.90 Å². The third-order valence-corrected chi connectivity index (χ3v) is 5.28. The molecule has 0 fully saturated rings. The third kappa shape index (κ3) is 2.44. The van der Waals surface area contributed by atoms with Crippen LogP contribution < -0.4 is 18.9 Å². The van der Waals surface area contributed by atoms with Crippen molar-refractivity contribution in [3.8, 4) is 28.7 Å². The van der Waals surface area contributed by atoms with Gasteiger partial charge in [0.05, 0.1) is 7.11 Å². The zero-order chi connectivity index (χ0) is 18.5. The maximum Gasteiger partial charge on any atom is 0.231 e. The van der Waals surface area contributed by atoms with Crippen LogP contribution in [0, 0.1) is 0 Å². The average Bonchev–Trinajstić information content (AvgIpc) is 3.13. The first-order valence-electron chi connectivity index (χ1n) is 8.90. The summed E-state index contributed by atoms with van der Waals surface area (Å²) in [4.78, 5) is 12.8. The smallest absolute Gasteiger partial charge is 0.231 e. The fraction of sp³-hybridized carbons (Fsp3) is 0.286. The molecular weight excluding hydrogens is 348 g/mol. The van der Waals surface area contributed by atoms with E-state index in [1.165, 1.54) is 7.11 Å². The van der Waals surface area contributed by atoms with E-state index in [2.05, 4.69) is 0 Å². The summed E-state index contributed by atoms with van der Waals surface area (Å²) in [6.07, 6.45) is 2.01. The number of methoxy groups -OCH3 is 1. The van der Waals surface area contributed by atoms with Crippen LogP contribution in [0.4, 0.5) is 0 Å². The molecule has 0 bridgehead atoms. The predicted octanol–water partition coefficient (Wildman–Crippen LogP) is 3.66. The molecule has 1 aliphatic carbocycles. The van der Waals surface area contributed by atoms with Gasteiger partial charge in [0.15, 0.2) is 28.8 Å². The molecule has 6 nitrogen and oxygen atoms in total. The first-order chi connectivity index (χ1) is 13.2. The third-order valence-electron chi connectivity index (χ3n) is 5.28. The first-order valence-corrected chi connectivity index (χ1v) is 8.90. The minimum absolute atomic E-state index is 0.0587. The molecule has 0 aromatic heterocycles. The van der Waals surface area contributed by atoms with Crippen LogP contribution in [-0.2, 0) is 4.79 Å². The molecule has 0 radical (unpaired) electrons. The monoisotopic (exact) mass is 366 g/mol. The zero-order valence-corrected chi connectivity index (χ0v) is 14.8. The fourth-order valence-corrected chi connectivity index (χ4v) is 4.02. The van der Waals surface area contributed by atoms with Crippen LogP contribution >= 0.6 is 0 Å². The lowest BCUT2D eigenvalue weighted by Gasteiger charge is -2.33. The van der Waals surface area contributed by atoms with Crippen molar-refractivity contribution in [3.05, 3.63) is 52.8 Å². The van der Waals surface area contributed by atoms with Gasteiger partial charge in [0, 0.05) is 36.0 Å². The maximum absolute atomic E-state index is 12.8. The van der Waals surface area contributed by atoms with Gasteiger partial charge in [-0.2, -0.15) is 0 Å². The van der Waals surface area contributed by atoms with Crippen molar-refractivity contribution < 1.29 is 28.8 Å². The Morgan fingerprint density at radius 2 is 1.89 bits per heavy atom. The number of hydrogen-bond donors (Lipinski definition) is 1. The van der Waals surface area contributed by atoms with E-state index in [1.54, 1.807) is 12.1 Å². The molecular formula is C21H18O6. The average molecular weight is 366 g/mol. The highest BCUT2D eigenvalue weighted by atomic mass is 16.7. The first kappa shape index (κ1) is 16.1. The Morgan fingerprint density at radius 1 is 1.07 bits per heavy atom. The highest BCUT2D eigenvalue weighted by Gasteiger charge is 2.38. The predicted molar refractivity (Wildman–Crippen MR) is 95.6 cm³/mol. The fourth-order valence-electron chi connectivity index (χ4n) is 4.02. The number of carbonyl (C=O) groups excluding carboxylic acids is 1. The number of ether oxygens (including phenoxy) is 4. The van der Waals surface area contributed by atoms with Crippen LogP contribution in [0.2, 0.25) is 0 Å². The SMILES string of the molecule is COc1cc(C2C3=C(CCCC3=O)Oc3cc4c(cc32)OCO4)ccc1O. The molecule has 27 heavy (non-hydrogen) atoms. The Balaban J connectivity index is 1.73. The largest absolute Gasteiger partial charge is 0.504 e. The van der Waals surface area contributed by atoms with Gasteiger partial charge >= 0.3 is 0 Å². The number of carbonyl (C=O) groups is 1. The summed E-state index contributed by atoms with van der Waals surface area (Å²) < 4.78 is 22.4. The van der Waals surface area contributed by atoms with E-state index < -0.39 is 0 Å². The van der Waals surface area contributed by atoms with Crippen molar-refractivity contribution in [2.24, 2.45) is 0 Å². The van der Waals surface area contributed by atoms with E-state index >= 15 is 0 Å². The Kier molecular flexibility index (Phi) is 3.53. The van der Waals surface area contributed by atoms with Crippen molar-refractivity contribution in [1.82, 2.24) is 0 Å². The van der Waals surface area contributed by atoms with Gasteiger partial charge in [-0.25, -0.2) is 0 Å². The number of aromatic hydroxyl groups is 1. The molecule has 0 amide bonds. The molecule has 2 aromatic rings. The molecule has 1 unspecified atom stereocenters. The van der Waals surface area contributed by atoms with Crippen molar-refractivity contribution in [2.45, 2.75) is 25.2 Å². The van der Waals surface area contributed by atoms with E-state index in [-0.39, 0.29) is 24.2 Å². The quantitative estimate of drug-likeness (QED) is 0.874. The second-order valence-corrected chi connectivity index (χ2v) is 6.82. The lowest BCUT2D eigenvalue weighted by Crippen LogP contribution is -2.25. The number of rotatable bonds is 2. The molecule has 1 N–H and O–H groups in total. The number of benzene rings is 2. The Bertz CT molecular complexity index is 990. The summed E-state index contributed by atoms with van der Waals surface area (Å²) in [6, 6.07) is 8.88. The number of ketones is 1. The van der Waals surface area contributed by atoms with Crippen molar-refractivity contribution in [3.63, 3.8) is 0 Å². The van der Waals surface area contributed by atoms with E-state index in [0.717, 1.165) is 29.7 Å². The van der Waals surface area contributed by atoms with Gasteiger partial charge < -0.3 is 24.1 Å². The van der Waals surface area contributed by atoms with Crippen LogP contribution in [-0.4, -0.2) is 24.8 Å². The van der Waals surface area contributed by atoms with Crippen molar-refractivity contribution in [2.75, 3.05) is 13.9 Å². The summed E-state index contributed by atoms with van der Waals surface area (Å²) in [6.45, 7) is 0.169. The molecule has 1 atom stereocenters. The molecule has 5 rings (SSSR count). The van der Waals surface area contributed by atoms with Crippen LogP contribution in [0.25, 0.3) is 0 Å². The van der Waals surface area contributed by atoms with E-state index in [1.807, 2.05) is 18.2 Å². The van der Waals surface area contributed by atoms with Crippen molar-refractivity contribution >= 4 is 5.78 Å². The molecule has 0 spiro atoms. The molecule has 3 aliphatic rings. The topological polar surface area (TPSA) is 74.2 Å². The van der Waals surface area contributed by atoms with Gasteiger partial charge in [-0.1, -0.05) is 6.07 Å². The van der Waals surface area contributed by atoms with Crippen molar-refractivity contribution in [1.29, 1.82) is 0 Å². The maximum atomic E-state index is 12.8. The van der Waals surface area contributed by atoms with Gasteiger partial charge in [-0.05, 0) is 30.2 Å². The summed E-state index contributed by atoms with van der Waals surface area (Å²) >= 11 is 0. The molecule has 0 saturated carbocycles. The Morgan fingerprint density at radius 3 is 2.70 bits per heavy atom. The van der Waals surface area contributed by atoms with Gasteiger partial charge in [0.1, 0.15) is 11.5 Å². The summed E-state index contributed by atoms with van der Waals surface area (Å²) in [5, 5.41) is 9.97. The molecule has 2 heterocycles. The van der Waals surface area contributed by atoms with Crippen LogP contribution in [0.3, 0.4) is 0 Å². The zero-order valence-electron chi connectivity index (χ0n) is 14.8. The number of Topliss-reactive ketones (excluding diaryl/α,β-unsaturated/α-hetero) is 1. The van der Waals surface area contributed by atoms with Crippen LogP contribution in [0.5, 0.6) is 28.7 Å². The number of phenolic OH excluding ortho intramolecular Hbond substituents is 1. The van der Waals surface area contributed by atoms with Gasteiger partial charge in [-0.3, -0.25) is 4.79 Å². The van der Waals surface area contributed by atoms with Gasteiger partial charge in [0.2, 0.25) is 6.79 Å². The minimum Gasteiger partial charge on any atom is -0.504 e. The summed E-state index contributed by atoms with van der Waals surface area (Å²) in [7, 11) is 1.51. The molecule has 6 heteroatoms. The molecule has 2 aromatic carbocycles. The Hall–Kier alpha value is -3.15. The molecule has 138 valence electrons. The van der Waals surface area contributed by atoms with Gasteiger partial charge in [0.25, 0.3) is 0 Å². The number of phenols is 1. The highest BCUT2D eigenvalue weighted by molar-refractivity contribution is 5.99. The standard InChI is InChI=1S/C21H18O6/c1-24-17-7-11(5-6-13(17)22)20-12-8-18-19(26-10-25-18)9-16(12)27-15-4-2-3-14(23)21(15)20/h5-9,20,22H,2-4,10H2,1H3. The normalized spacial score (nSPS) is 20.0. The number of hydrogen-bond acceptors (Lipinski definition) is 6. The van der Waals surface area contributed by atoms with Crippen LogP contribution in [0.15, 0.2) is 41.7 Å². The summed E-state index contributed by atoms with van der Waals surface area (Å²) in [5.74, 6) is 2.88. The summed E-state index contributed by atoms with van der Waals surface area (Å²) in [5.41, 5.74) is 2.39. The van der Waals surface area contributed by atoms with E-state index in [0.29, 0.717) is 35.0 Å². The lowest BCUT2D eigenvalue weighted by molar-refractivity contribution is -0.116.